The molecule has 0 fully saturated rings. The minimum absolute atomic E-state index is 0.198. The van der Waals surface area contributed by atoms with Gasteiger partial charge in [-0.3, -0.25) is 4.79 Å². The largest absolute Gasteiger partial charge is 0.494 e. The van der Waals surface area contributed by atoms with Crippen LogP contribution >= 0.6 is 11.6 Å². The van der Waals surface area contributed by atoms with Crippen LogP contribution in [-0.2, 0) is 4.79 Å². The predicted molar refractivity (Wildman–Crippen MR) is 137 cm³/mol. The minimum Gasteiger partial charge on any atom is -0.494 e. The molecule has 0 atom stereocenters. The molecule has 1 amide bonds. The van der Waals surface area contributed by atoms with Crippen LogP contribution in [0.25, 0.3) is 0 Å². The van der Waals surface area contributed by atoms with Gasteiger partial charge < -0.3 is 18.9 Å². The molecule has 0 heterocycles. The highest BCUT2D eigenvalue weighted by molar-refractivity contribution is 6.30. The fraction of sp³-hybridized carbons (Fsp3) is 0.222. The van der Waals surface area contributed by atoms with Gasteiger partial charge in [-0.15, -0.1) is 0 Å². The van der Waals surface area contributed by atoms with Gasteiger partial charge in [-0.25, -0.2) is 10.2 Å². The SMILES string of the molecule is CCCCOc1ccc(OCC(=O)NN=Cc2ccc(OC(=O)c3ccc(Cl)cc3)c(OC)c2)cc1. The highest BCUT2D eigenvalue weighted by Crippen LogP contribution is 2.28. The van der Waals surface area contributed by atoms with Crippen molar-refractivity contribution in [2.45, 2.75) is 19.8 Å². The maximum Gasteiger partial charge on any atom is 0.343 e. The quantitative estimate of drug-likeness (QED) is 0.117. The van der Waals surface area contributed by atoms with Crippen molar-refractivity contribution >= 4 is 29.7 Å². The maximum absolute atomic E-state index is 12.3. The van der Waals surface area contributed by atoms with E-state index in [0.29, 0.717) is 34.3 Å². The molecule has 0 radical (unpaired) electrons. The summed E-state index contributed by atoms with van der Waals surface area (Å²) < 4.78 is 21.8. The van der Waals surface area contributed by atoms with Gasteiger partial charge in [-0.2, -0.15) is 5.10 Å². The number of esters is 1. The molecule has 0 unspecified atom stereocenters. The van der Waals surface area contributed by atoms with E-state index in [1.54, 1.807) is 66.7 Å². The molecule has 3 aromatic carbocycles. The Morgan fingerprint density at radius 3 is 2.31 bits per heavy atom. The van der Waals surface area contributed by atoms with Crippen molar-refractivity contribution in [3.8, 4) is 23.0 Å². The Balaban J connectivity index is 1.48. The lowest BCUT2D eigenvalue weighted by atomic mass is 10.2. The molecule has 9 heteroatoms. The van der Waals surface area contributed by atoms with Crippen molar-refractivity contribution < 1.29 is 28.5 Å². The van der Waals surface area contributed by atoms with E-state index in [9.17, 15) is 9.59 Å². The zero-order valence-corrected chi connectivity index (χ0v) is 20.8. The molecule has 3 aromatic rings. The lowest BCUT2D eigenvalue weighted by molar-refractivity contribution is -0.123. The third-order valence-corrected chi connectivity index (χ3v) is 5.09. The zero-order chi connectivity index (χ0) is 25.8. The second-order valence-electron chi connectivity index (χ2n) is 7.56. The Morgan fingerprint density at radius 2 is 1.64 bits per heavy atom. The molecular formula is C27H27ClN2O6. The number of ether oxygens (including phenoxy) is 4. The second kappa shape index (κ2) is 13.7. The Kier molecular flexibility index (Phi) is 10.1. The summed E-state index contributed by atoms with van der Waals surface area (Å²) in [6.07, 6.45) is 3.50. The smallest absolute Gasteiger partial charge is 0.343 e. The topological polar surface area (TPSA) is 95.5 Å². The van der Waals surface area contributed by atoms with Crippen molar-refractivity contribution in [1.29, 1.82) is 0 Å². The standard InChI is InChI=1S/C27H27ClN2O6/c1-3-4-15-34-22-10-12-23(13-11-22)35-18-26(31)30-29-17-19-5-14-24(25(16-19)33-2)36-27(32)20-6-8-21(28)9-7-20/h5-14,16-17H,3-4,15,18H2,1-2H3,(H,30,31). The van der Waals surface area contributed by atoms with Crippen LogP contribution in [0.1, 0.15) is 35.7 Å². The number of carbonyl (C=O) groups is 2. The Morgan fingerprint density at radius 1 is 0.944 bits per heavy atom. The monoisotopic (exact) mass is 510 g/mol. The third kappa shape index (κ3) is 8.32. The average molecular weight is 511 g/mol. The number of hydrazone groups is 1. The van der Waals surface area contributed by atoms with E-state index in [1.807, 2.05) is 0 Å². The van der Waals surface area contributed by atoms with Gasteiger partial charge in [-0.05, 0) is 78.7 Å². The number of methoxy groups -OCH3 is 1. The summed E-state index contributed by atoms with van der Waals surface area (Å²) in [7, 11) is 1.46. The molecular weight excluding hydrogens is 484 g/mol. The molecule has 188 valence electrons. The molecule has 0 aliphatic carbocycles. The van der Waals surface area contributed by atoms with Gasteiger partial charge in [-0.1, -0.05) is 24.9 Å². The zero-order valence-electron chi connectivity index (χ0n) is 20.0. The number of nitrogens with one attached hydrogen (secondary N) is 1. The van der Waals surface area contributed by atoms with Crippen molar-refractivity contribution in [3.05, 3.63) is 82.9 Å². The first-order valence-corrected chi connectivity index (χ1v) is 11.7. The summed E-state index contributed by atoms with van der Waals surface area (Å²) in [5.41, 5.74) is 3.38. The fourth-order valence-corrected chi connectivity index (χ4v) is 3.05. The molecule has 0 spiro atoms. The minimum atomic E-state index is -0.544. The third-order valence-electron chi connectivity index (χ3n) is 4.83. The number of rotatable bonds is 12. The number of halogens is 1. The van der Waals surface area contributed by atoms with Crippen molar-refractivity contribution in [2.75, 3.05) is 20.3 Å². The highest BCUT2D eigenvalue weighted by Gasteiger charge is 2.13. The van der Waals surface area contributed by atoms with E-state index in [0.717, 1.165) is 18.6 Å². The first kappa shape index (κ1) is 26.6. The molecule has 0 saturated carbocycles. The van der Waals surface area contributed by atoms with Crippen molar-refractivity contribution in [2.24, 2.45) is 5.10 Å². The number of nitrogens with zero attached hydrogens (tertiary/aromatic N) is 1. The molecule has 0 aromatic heterocycles. The average Bonchev–Trinajstić information content (AvgIpc) is 2.89. The second-order valence-corrected chi connectivity index (χ2v) is 8.00. The summed E-state index contributed by atoms with van der Waals surface area (Å²) in [4.78, 5) is 24.4. The lowest BCUT2D eigenvalue weighted by Crippen LogP contribution is -2.24. The maximum atomic E-state index is 12.3. The highest BCUT2D eigenvalue weighted by atomic mass is 35.5. The van der Waals surface area contributed by atoms with E-state index < -0.39 is 11.9 Å². The van der Waals surface area contributed by atoms with E-state index >= 15 is 0 Å². The molecule has 0 aliphatic heterocycles. The summed E-state index contributed by atoms with van der Waals surface area (Å²) >= 11 is 5.85. The van der Waals surface area contributed by atoms with Gasteiger partial charge >= 0.3 is 5.97 Å². The molecule has 0 saturated heterocycles. The number of unbranched alkanes of at least 4 members (excludes halogenated alkanes) is 1. The summed E-state index contributed by atoms with van der Waals surface area (Å²) in [5, 5.41) is 4.45. The fourth-order valence-electron chi connectivity index (χ4n) is 2.92. The molecule has 8 nitrogen and oxygen atoms in total. The number of hydrogen-bond donors (Lipinski definition) is 1. The van der Waals surface area contributed by atoms with Crippen LogP contribution in [0.3, 0.4) is 0 Å². The van der Waals surface area contributed by atoms with Crippen LogP contribution in [0.2, 0.25) is 5.02 Å². The first-order valence-electron chi connectivity index (χ1n) is 11.3. The van der Waals surface area contributed by atoms with Gasteiger partial charge in [0.1, 0.15) is 11.5 Å². The van der Waals surface area contributed by atoms with Crippen LogP contribution in [0.4, 0.5) is 0 Å². The van der Waals surface area contributed by atoms with Crippen molar-refractivity contribution in [1.82, 2.24) is 5.43 Å². The van der Waals surface area contributed by atoms with Gasteiger partial charge in [0, 0.05) is 5.02 Å². The van der Waals surface area contributed by atoms with Gasteiger partial charge in [0.05, 0.1) is 25.5 Å². The van der Waals surface area contributed by atoms with Gasteiger partial charge in [0.25, 0.3) is 5.91 Å². The first-order chi connectivity index (χ1) is 17.5. The van der Waals surface area contributed by atoms with E-state index in [4.69, 9.17) is 30.5 Å². The number of carbonyl (C=O) groups excluding carboxylic acids is 2. The van der Waals surface area contributed by atoms with Crippen LogP contribution in [0.15, 0.2) is 71.8 Å². The Labute approximate surface area is 214 Å². The van der Waals surface area contributed by atoms with E-state index in [1.165, 1.54) is 13.3 Å². The lowest BCUT2D eigenvalue weighted by Gasteiger charge is -2.10. The number of hydrogen-bond acceptors (Lipinski definition) is 7. The normalized spacial score (nSPS) is 10.6. The Hall–Kier alpha value is -4.04. The van der Waals surface area contributed by atoms with E-state index in [2.05, 4.69) is 17.5 Å². The predicted octanol–water partition coefficient (Wildman–Crippen LogP) is 5.28. The summed E-state index contributed by atoms with van der Waals surface area (Å²) in [6, 6.07) is 18.3. The van der Waals surface area contributed by atoms with Gasteiger partial charge in [0.15, 0.2) is 18.1 Å². The molecule has 0 aliphatic rings. The molecule has 0 bridgehead atoms. The van der Waals surface area contributed by atoms with Crippen LogP contribution in [-0.4, -0.2) is 38.4 Å². The van der Waals surface area contributed by atoms with Gasteiger partial charge in [0.2, 0.25) is 0 Å². The molecule has 36 heavy (non-hydrogen) atoms. The van der Waals surface area contributed by atoms with Crippen LogP contribution < -0.4 is 24.4 Å². The number of benzene rings is 3. The van der Waals surface area contributed by atoms with Crippen LogP contribution in [0, 0.1) is 0 Å². The Bertz CT molecular complexity index is 1180. The molecule has 3 rings (SSSR count). The number of amides is 1. The van der Waals surface area contributed by atoms with E-state index in [-0.39, 0.29) is 12.4 Å². The molecule has 1 N–H and O–H groups in total. The van der Waals surface area contributed by atoms with Crippen LogP contribution in [0.5, 0.6) is 23.0 Å². The summed E-state index contributed by atoms with van der Waals surface area (Å²) in [5.74, 6) is 0.913. The summed E-state index contributed by atoms with van der Waals surface area (Å²) in [6.45, 7) is 2.57. The van der Waals surface area contributed by atoms with Crippen molar-refractivity contribution in [3.63, 3.8) is 0 Å².